The highest BCUT2D eigenvalue weighted by atomic mass is 35.5. The maximum atomic E-state index is 6.61. The van der Waals surface area contributed by atoms with E-state index in [-0.39, 0.29) is 5.54 Å². The van der Waals surface area contributed by atoms with Crippen molar-refractivity contribution in [2.24, 2.45) is 11.7 Å². The molecule has 1 fully saturated rings. The van der Waals surface area contributed by atoms with E-state index < -0.39 is 0 Å². The zero-order valence-corrected chi connectivity index (χ0v) is 13.1. The number of aryl methyl sites for hydroxylation is 2. The Morgan fingerprint density at radius 2 is 2.00 bits per heavy atom. The van der Waals surface area contributed by atoms with Crippen molar-refractivity contribution in [3.63, 3.8) is 0 Å². The van der Waals surface area contributed by atoms with Crippen LogP contribution in [-0.2, 0) is 13.0 Å². The summed E-state index contributed by atoms with van der Waals surface area (Å²) in [6, 6.07) is 0. The number of halogens is 1. The summed E-state index contributed by atoms with van der Waals surface area (Å²) in [5, 5.41) is 5.30. The predicted octanol–water partition coefficient (Wildman–Crippen LogP) is 3.71. The molecule has 19 heavy (non-hydrogen) atoms. The first-order valence-corrected chi connectivity index (χ1v) is 7.87. The number of nitrogens with zero attached hydrogens (tertiary/aromatic N) is 2. The van der Waals surface area contributed by atoms with Gasteiger partial charge in [0.2, 0.25) is 0 Å². The van der Waals surface area contributed by atoms with Gasteiger partial charge in [0, 0.05) is 18.5 Å². The third-order valence-corrected chi connectivity index (χ3v) is 5.14. The van der Waals surface area contributed by atoms with E-state index >= 15 is 0 Å². The molecular formula is C15H26ClN3. The first-order valence-electron chi connectivity index (χ1n) is 7.49. The van der Waals surface area contributed by atoms with E-state index in [9.17, 15) is 0 Å². The molecule has 1 saturated carbocycles. The first-order chi connectivity index (χ1) is 8.99. The molecule has 108 valence electrons. The minimum atomic E-state index is -0.0886. The number of hydrogen-bond donors (Lipinski definition) is 1. The molecule has 0 amide bonds. The summed E-state index contributed by atoms with van der Waals surface area (Å²) in [7, 11) is 0. The van der Waals surface area contributed by atoms with Crippen LogP contribution >= 0.6 is 11.6 Å². The highest BCUT2D eigenvalue weighted by molar-refractivity contribution is 6.31. The van der Waals surface area contributed by atoms with Crippen molar-refractivity contribution in [2.75, 3.05) is 0 Å². The lowest BCUT2D eigenvalue weighted by Crippen LogP contribution is -2.45. The minimum Gasteiger partial charge on any atom is -0.325 e. The highest BCUT2D eigenvalue weighted by Crippen LogP contribution is 2.35. The quantitative estimate of drug-likeness (QED) is 0.915. The number of nitrogens with two attached hydrogens (primary N) is 1. The molecule has 0 bridgehead atoms. The van der Waals surface area contributed by atoms with Crippen LogP contribution < -0.4 is 5.73 Å². The lowest BCUT2D eigenvalue weighted by molar-refractivity contribution is 0.225. The van der Waals surface area contributed by atoms with Crippen LogP contribution in [0.5, 0.6) is 0 Å². The number of aromatic nitrogens is 2. The molecule has 1 heterocycles. The molecule has 2 rings (SSSR count). The van der Waals surface area contributed by atoms with Gasteiger partial charge in [-0.2, -0.15) is 5.10 Å². The van der Waals surface area contributed by atoms with Crippen molar-refractivity contribution >= 4 is 11.6 Å². The van der Waals surface area contributed by atoms with Crippen LogP contribution in [0.25, 0.3) is 0 Å². The van der Waals surface area contributed by atoms with Crippen LogP contribution in [0.4, 0.5) is 0 Å². The molecule has 2 N–H and O–H groups in total. The van der Waals surface area contributed by atoms with E-state index in [2.05, 4.69) is 18.9 Å². The molecule has 0 radical (unpaired) electrons. The Bertz CT molecular complexity index is 431. The van der Waals surface area contributed by atoms with Crippen LogP contribution in [0.15, 0.2) is 0 Å². The van der Waals surface area contributed by atoms with Gasteiger partial charge in [0.05, 0.1) is 16.4 Å². The number of hydrogen-bond acceptors (Lipinski definition) is 2. The standard InChI is InChI=1S/C15H26ClN3/c1-4-12-6-8-15(17,9-7-12)10-13-14(16)11(3)18-19(13)5-2/h12H,4-10,17H2,1-3H3. The minimum absolute atomic E-state index is 0.0886. The van der Waals surface area contributed by atoms with Crippen LogP contribution in [0, 0.1) is 12.8 Å². The SMILES string of the molecule is CCC1CCC(N)(Cc2c(Cl)c(C)nn2CC)CC1. The summed E-state index contributed by atoms with van der Waals surface area (Å²) in [6.07, 6.45) is 6.86. The molecule has 0 aromatic carbocycles. The third-order valence-electron chi connectivity index (χ3n) is 4.65. The van der Waals surface area contributed by atoms with Crippen LogP contribution in [0.1, 0.15) is 57.3 Å². The van der Waals surface area contributed by atoms with Gasteiger partial charge in [0.25, 0.3) is 0 Å². The van der Waals surface area contributed by atoms with Crippen molar-refractivity contribution in [3.8, 4) is 0 Å². The fourth-order valence-corrected chi connectivity index (χ4v) is 3.41. The van der Waals surface area contributed by atoms with E-state index in [0.717, 1.165) is 48.1 Å². The Balaban J connectivity index is 2.13. The van der Waals surface area contributed by atoms with Gasteiger partial charge in [0.15, 0.2) is 0 Å². The lowest BCUT2D eigenvalue weighted by atomic mass is 9.74. The topological polar surface area (TPSA) is 43.8 Å². The van der Waals surface area contributed by atoms with Gasteiger partial charge in [-0.25, -0.2) is 0 Å². The molecular weight excluding hydrogens is 258 g/mol. The van der Waals surface area contributed by atoms with Crippen molar-refractivity contribution in [2.45, 2.75) is 71.4 Å². The van der Waals surface area contributed by atoms with Crippen molar-refractivity contribution < 1.29 is 0 Å². The zero-order valence-electron chi connectivity index (χ0n) is 12.4. The summed E-state index contributed by atoms with van der Waals surface area (Å²) in [5.74, 6) is 0.866. The van der Waals surface area contributed by atoms with Gasteiger partial charge in [-0.1, -0.05) is 24.9 Å². The zero-order chi connectivity index (χ0) is 14.0. The second-order valence-corrected chi connectivity index (χ2v) is 6.43. The Labute approximate surface area is 121 Å². The molecule has 0 atom stereocenters. The average molecular weight is 284 g/mol. The average Bonchev–Trinajstić information content (AvgIpc) is 2.67. The fraction of sp³-hybridized carbons (Fsp3) is 0.800. The van der Waals surface area contributed by atoms with E-state index in [4.69, 9.17) is 17.3 Å². The van der Waals surface area contributed by atoms with Gasteiger partial charge >= 0.3 is 0 Å². The molecule has 3 nitrogen and oxygen atoms in total. The van der Waals surface area contributed by atoms with Crippen LogP contribution in [0.3, 0.4) is 0 Å². The van der Waals surface area contributed by atoms with E-state index in [1.807, 2.05) is 11.6 Å². The van der Waals surface area contributed by atoms with Gasteiger partial charge in [-0.15, -0.1) is 0 Å². The fourth-order valence-electron chi connectivity index (χ4n) is 3.21. The maximum Gasteiger partial charge on any atom is 0.0847 e. The smallest absolute Gasteiger partial charge is 0.0847 e. The van der Waals surface area contributed by atoms with Crippen LogP contribution in [0.2, 0.25) is 5.02 Å². The molecule has 1 aliphatic carbocycles. The van der Waals surface area contributed by atoms with E-state index in [0.29, 0.717) is 0 Å². The van der Waals surface area contributed by atoms with Crippen molar-refractivity contribution in [3.05, 3.63) is 16.4 Å². The Morgan fingerprint density at radius 3 is 2.53 bits per heavy atom. The van der Waals surface area contributed by atoms with Crippen molar-refractivity contribution in [1.29, 1.82) is 0 Å². The molecule has 1 aromatic rings. The van der Waals surface area contributed by atoms with E-state index in [1.165, 1.54) is 19.3 Å². The third kappa shape index (κ3) is 3.14. The molecule has 1 aromatic heterocycles. The molecule has 0 saturated heterocycles. The summed E-state index contributed by atoms with van der Waals surface area (Å²) in [6.45, 7) is 7.20. The van der Waals surface area contributed by atoms with Gasteiger partial charge < -0.3 is 5.73 Å². The molecule has 1 aliphatic rings. The van der Waals surface area contributed by atoms with Gasteiger partial charge in [0.1, 0.15) is 0 Å². The highest BCUT2D eigenvalue weighted by Gasteiger charge is 2.33. The second-order valence-electron chi connectivity index (χ2n) is 6.05. The molecule has 0 unspecified atom stereocenters. The van der Waals surface area contributed by atoms with Crippen LogP contribution in [-0.4, -0.2) is 15.3 Å². The normalized spacial score (nSPS) is 27.7. The van der Waals surface area contributed by atoms with Gasteiger partial charge in [-0.05, 0) is 45.4 Å². The summed E-state index contributed by atoms with van der Waals surface area (Å²) >= 11 is 6.39. The first kappa shape index (κ1) is 14.9. The van der Waals surface area contributed by atoms with Gasteiger partial charge in [-0.3, -0.25) is 4.68 Å². The largest absolute Gasteiger partial charge is 0.325 e. The predicted molar refractivity (Wildman–Crippen MR) is 80.5 cm³/mol. The second kappa shape index (κ2) is 5.84. The Morgan fingerprint density at radius 1 is 1.37 bits per heavy atom. The molecule has 0 spiro atoms. The van der Waals surface area contributed by atoms with Crippen molar-refractivity contribution in [1.82, 2.24) is 9.78 Å². The lowest BCUT2D eigenvalue weighted by Gasteiger charge is -2.37. The molecule has 4 heteroatoms. The maximum absolute atomic E-state index is 6.61. The Hall–Kier alpha value is -0.540. The molecule has 0 aliphatic heterocycles. The summed E-state index contributed by atoms with van der Waals surface area (Å²) in [4.78, 5) is 0. The Kier molecular flexibility index (Phi) is 4.57. The number of rotatable bonds is 4. The summed E-state index contributed by atoms with van der Waals surface area (Å²) in [5.41, 5.74) is 8.57. The summed E-state index contributed by atoms with van der Waals surface area (Å²) < 4.78 is 2.01. The monoisotopic (exact) mass is 283 g/mol. The van der Waals surface area contributed by atoms with E-state index in [1.54, 1.807) is 0 Å².